The van der Waals surface area contributed by atoms with Gasteiger partial charge in [-0.05, 0) is 19.1 Å². The largest absolute Gasteiger partial charge is 0.366 e. The lowest BCUT2D eigenvalue weighted by molar-refractivity contribution is -0.130. The van der Waals surface area contributed by atoms with Crippen LogP contribution in [0.2, 0.25) is 0 Å². The maximum atomic E-state index is 14.1. The van der Waals surface area contributed by atoms with Gasteiger partial charge in [0, 0.05) is 78.4 Å². The first kappa shape index (κ1) is 25.6. The third-order valence-corrected chi connectivity index (χ3v) is 5.66. The van der Waals surface area contributed by atoms with Crippen LogP contribution in [0.5, 0.6) is 0 Å². The van der Waals surface area contributed by atoms with Gasteiger partial charge < -0.3 is 20.0 Å². The summed E-state index contributed by atoms with van der Waals surface area (Å²) in [7, 11) is 0. The Labute approximate surface area is 200 Å². The number of carbonyl (C=O) groups is 1. The molecule has 0 bridgehead atoms. The van der Waals surface area contributed by atoms with E-state index >= 15 is 0 Å². The van der Waals surface area contributed by atoms with E-state index in [1.165, 1.54) is 12.1 Å². The topological polar surface area (TPSA) is 54.4 Å². The van der Waals surface area contributed by atoms with Crippen LogP contribution in [-0.4, -0.2) is 98.6 Å². The average molecular weight is 550 g/mol. The highest BCUT2D eigenvalue weighted by Gasteiger charge is 2.22. The van der Waals surface area contributed by atoms with E-state index in [0.717, 1.165) is 51.3 Å². The van der Waals surface area contributed by atoms with E-state index in [4.69, 9.17) is 4.99 Å². The third kappa shape index (κ3) is 7.16. The lowest BCUT2D eigenvalue weighted by Crippen LogP contribution is -2.53. The Morgan fingerprint density at radius 2 is 1.68 bits per heavy atom. The summed E-state index contributed by atoms with van der Waals surface area (Å²) in [6.07, 6.45) is 0. The van der Waals surface area contributed by atoms with Crippen molar-refractivity contribution in [1.29, 1.82) is 0 Å². The van der Waals surface area contributed by atoms with Crippen molar-refractivity contribution in [3.63, 3.8) is 0 Å². The number of nitrogens with one attached hydrogen (secondary N) is 1. The molecule has 2 heterocycles. The molecule has 1 N–H and O–H groups in total. The van der Waals surface area contributed by atoms with E-state index in [0.29, 0.717) is 38.4 Å². The van der Waals surface area contributed by atoms with Gasteiger partial charge in [0.05, 0.1) is 12.2 Å². The summed E-state index contributed by atoms with van der Waals surface area (Å²) in [6, 6.07) is 3.58. The summed E-state index contributed by atoms with van der Waals surface area (Å²) in [5.41, 5.74) is 0.321. The molecule has 0 saturated carbocycles. The van der Waals surface area contributed by atoms with E-state index in [2.05, 4.69) is 15.1 Å². The Bertz CT molecular complexity index is 749. The molecule has 174 valence electrons. The first-order valence-corrected chi connectivity index (χ1v) is 10.7. The normalized spacial score (nSPS) is 18.1. The van der Waals surface area contributed by atoms with Crippen molar-refractivity contribution < 1.29 is 13.6 Å². The fourth-order valence-electron chi connectivity index (χ4n) is 3.90. The minimum absolute atomic E-state index is 0. The van der Waals surface area contributed by atoms with Crippen LogP contribution in [0.1, 0.15) is 13.8 Å². The predicted molar refractivity (Wildman–Crippen MR) is 130 cm³/mol. The number of amides is 1. The van der Waals surface area contributed by atoms with Crippen LogP contribution in [0.4, 0.5) is 14.5 Å². The second-order valence-electron chi connectivity index (χ2n) is 7.65. The number of anilines is 1. The molecule has 1 amide bonds. The number of piperazine rings is 2. The molecule has 2 aliphatic rings. The smallest absolute Gasteiger partial charge is 0.219 e. The minimum atomic E-state index is -0.423. The van der Waals surface area contributed by atoms with Crippen molar-refractivity contribution in [3.8, 4) is 0 Å². The predicted octanol–water partition coefficient (Wildman–Crippen LogP) is 1.83. The first-order valence-electron chi connectivity index (χ1n) is 10.7. The standard InChI is InChI=1S/C21H32F2N6O.HI/c1-3-24-21(25-6-7-26-8-10-27(11-9-26)17(2)30)29-14-12-28(13-15-29)20-16-18(22)4-5-19(20)23;/h4-5,16H,3,6-15H2,1-2H3,(H,24,25);1H. The van der Waals surface area contributed by atoms with Crippen LogP contribution in [0, 0.1) is 11.6 Å². The Morgan fingerprint density at radius 1 is 1.03 bits per heavy atom. The summed E-state index contributed by atoms with van der Waals surface area (Å²) in [6.45, 7) is 11.9. The van der Waals surface area contributed by atoms with Crippen LogP contribution in [0.15, 0.2) is 23.2 Å². The molecule has 3 rings (SSSR count). The molecule has 31 heavy (non-hydrogen) atoms. The summed E-state index contributed by atoms with van der Waals surface area (Å²) in [5, 5.41) is 3.34. The molecule has 0 unspecified atom stereocenters. The zero-order chi connectivity index (χ0) is 21.5. The van der Waals surface area contributed by atoms with Crippen LogP contribution < -0.4 is 10.2 Å². The van der Waals surface area contributed by atoms with Gasteiger partial charge in [0.15, 0.2) is 5.96 Å². The van der Waals surface area contributed by atoms with Gasteiger partial charge in [0.1, 0.15) is 11.6 Å². The van der Waals surface area contributed by atoms with Gasteiger partial charge >= 0.3 is 0 Å². The second kappa shape index (κ2) is 12.4. The molecular weight excluding hydrogens is 517 g/mol. The first-order chi connectivity index (χ1) is 14.5. The fourth-order valence-corrected chi connectivity index (χ4v) is 3.90. The number of benzene rings is 1. The fraction of sp³-hybridized carbons (Fsp3) is 0.619. The highest BCUT2D eigenvalue weighted by atomic mass is 127. The monoisotopic (exact) mass is 550 g/mol. The highest BCUT2D eigenvalue weighted by Crippen LogP contribution is 2.21. The SMILES string of the molecule is CCNC(=NCCN1CCN(C(C)=O)CC1)N1CCN(c2cc(F)ccc2F)CC1.I. The van der Waals surface area contributed by atoms with E-state index < -0.39 is 11.6 Å². The molecule has 0 aliphatic carbocycles. The van der Waals surface area contributed by atoms with E-state index in [1.807, 2.05) is 16.7 Å². The number of hydrogen-bond acceptors (Lipinski definition) is 4. The van der Waals surface area contributed by atoms with Crippen molar-refractivity contribution in [2.75, 3.05) is 76.9 Å². The quantitative estimate of drug-likeness (QED) is 0.345. The van der Waals surface area contributed by atoms with Gasteiger partial charge in [0.25, 0.3) is 0 Å². The number of halogens is 3. The van der Waals surface area contributed by atoms with Gasteiger partial charge in [-0.1, -0.05) is 0 Å². The van der Waals surface area contributed by atoms with Crippen LogP contribution in [-0.2, 0) is 4.79 Å². The number of nitrogens with zero attached hydrogens (tertiary/aromatic N) is 5. The Hall–Kier alpha value is -1.69. The number of carbonyl (C=O) groups excluding carboxylic acids is 1. The Balaban J connectivity index is 0.00000341. The lowest BCUT2D eigenvalue weighted by atomic mass is 10.2. The number of rotatable bonds is 5. The number of guanidine groups is 1. The molecule has 7 nitrogen and oxygen atoms in total. The van der Waals surface area contributed by atoms with Crippen molar-refractivity contribution in [1.82, 2.24) is 20.0 Å². The van der Waals surface area contributed by atoms with Gasteiger partial charge in [-0.3, -0.25) is 14.7 Å². The second-order valence-corrected chi connectivity index (χ2v) is 7.65. The average Bonchev–Trinajstić information content (AvgIpc) is 2.75. The van der Waals surface area contributed by atoms with Crippen molar-refractivity contribution in [3.05, 3.63) is 29.8 Å². The molecule has 10 heteroatoms. The van der Waals surface area contributed by atoms with Gasteiger partial charge in [-0.25, -0.2) is 8.78 Å². The zero-order valence-corrected chi connectivity index (χ0v) is 20.6. The van der Waals surface area contributed by atoms with E-state index in [-0.39, 0.29) is 29.9 Å². The summed E-state index contributed by atoms with van der Waals surface area (Å²) >= 11 is 0. The zero-order valence-electron chi connectivity index (χ0n) is 18.3. The van der Waals surface area contributed by atoms with Gasteiger partial charge in [-0.2, -0.15) is 0 Å². The maximum absolute atomic E-state index is 14.1. The van der Waals surface area contributed by atoms with Crippen LogP contribution >= 0.6 is 24.0 Å². The van der Waals surface area contributed by atoms with Crippen molar-refractivity contribution in [2.24, 2.45) is 4.99 Å². The van der Waals surface area contributed by atoms with Gasteiger partial charge in [-0.15, -0.1) is 24.0 Å². The summed E-state index contributed by atoms with van der Waals surface area (Å²) in [5.74, 6) is 0.182. The third-order valence-electron chi connectivity index (χ3n) is 5.66. The van der Waals surface area contributed by atoms with Crippen LogP contribution in [0.3, 0.4) is 0 Å². The van der Waals surface area contributed by atoms with E-state index in [9.17, 15) is 13.6 Å². The van der Waals surface area contributed by atoms with Crippen molar-refractivity contribution >= 4 is 41.5 Å². The maximum Gasteiger partial charge on any atom is 0.219 e. The van der Waals surface area contributed by atoms with Gasteiger partial charge in [0.2, 0.25) is 5.91 Å². The molecule has 2 saturated heterocycles. The van der Waals surface area contributed by atoms with Crippen molar-refractivity contribution in [2.45, 2.75) is 13.8 Å². The number of aliphatic imine (C=N–C) groups is 1. The summed E-state index contributed by atoms with van der Waals surface area (Å²) < 4.78 is 27.6. The lowest BCUT2D eigenvalue weighted by Gasteiger charge is -2.38. The Morgan fingerprint density at radius 3 is 2.29 bits per heavy atom. The highest BCUT2D eigenvalue weighted by molar-refractivity contribution is 14.0. The molecule has 1 aromatic carbocycles. The molecule has 2 aliphatic heterocycles. The summed E-state index contributed by atoms with van der Waals surface area (Å²) in [4.78, 5) is 24.5. The molecule has 0 spiro atoms. The molecule has 0 aromatic heterocycles. The number of hydrogen-bond donors (Lipinski definition) is 1. The molecule has 2 fully saturated rings. The van der Waals surface area contributed by atoms with Crippen LogP contribution in [0.25, 0.3) is 0 Å². The molecular formula is C21H33F2IN6O. The Kier molecular flexibility index (Phi) is 10.2. The molecule has 0 radical (unpaired) electrons. The minimum Gasteiger partial charge on any atom is -0.366 e. The molecule has 0 atom stereocenters. The van der Waals surface area contributed by atoms with E-state index in [1.54, 1.807) is 6.92 Å². The molecule has 1 aromatic rings.